The van der Waals surface area contributed by atoms with E-state index in [2.05, 4.69) is 42.1 Å². The number of benzene rings is 1. The predicted molar refractivity (Wildman–Crippen MR) is 83.1 cm³/mol. The molecule has 2 rings (SSSR count). The molecule has 1 aliphatic rings. The quantitative estimate of drug-likeness (QED) is 0.899. The monoisotopic (exact) mass is 281 g/mol. The van der Waals surface area contributed by atoms with Crippen LogP contribution in [0.15, 0.2) is 18.2 Å². The van der Waals surface area contributed by atoms with Gasteiger partial charge in [0.25, 0.3) is 0 Å². The van der Waals surface area contributed by atoms with Gasteiger partial charge in [-0.1, -0.05) is 17.7 Å². The summed E-state index contributed by atoms with van der Waals surface area (Å²) in [6.07, 6.45) is 3.39. The number of hydrogen-bond acceptors (Lipinski definition) is 3. The van der Waals surface area contributed by atoms with Crippen LogP contribution in [0.5, 0.6) is 0 Å². The maximum absolute atomic E-state index is 6.45. The van der Waals surface area contributed by atoms with Crippen LogP contribution in [0.2, 0.25) is 5.02 Å². The van der Waals surface area contributed by atoms with Crippen LogP contribution in [-0.2, 0) is 6.42 Å². The van der Waals surface area contributed by atoms with Crippen LogP contribution in [-0.4, -0.2) is 44.7 Å². The van der Waals surface area contributed by atoms with Crippen molar-refractivity contribution in [2.75, 3.05) is 38.6 Å². The lowest BCUT2D eigenvalue weighted by Crippen LogP contribution is -2.37. The second kappa shape index (κ2) is 6.60. The standard InChI is InChI=1S/C15H24ClN3/c1-18(2)11-13-4-3-9-19(13)15-6-5-12(7-8-17)10-14(15)16/h5-6,10,13H,3-4,7-9,11,17H2,1-2H3. The third-order valence-corrected chi connectivity index (χ3v) is 4.01. The van der Waals surface area contributed by atoms with E-state index in [4.69, 9.17) is 17.3 Å². The summed E-state index contributed by atoms with van der Waals surface area (Å²) in [5.41, 5.74) is 7.98. The van der Waals surface area contributed by atoms with Crippen molar-refractivity contribution >= 4 is 17.3 Å². The Balaban J connectivity index is 2.16. The molecule has 0 aliphatic carbocycles. The van der Waals surface area contributed by atoms with E-state index >= 15 is 0 Å². The predicted octanol–water partition coefficient (Wildman–Crippen LogP) is 2.37. The molecule has 1 saturated heterocycles. The van der Waals surface area contributed by atoms with Crippen molar-refractivity contribution in [2.45, 2.75) is 25.3 Å². The van der Waals surface area contributed by atoms with Crippen LogP contribution in [0.4, 0.5) is 5.69 Å². The molecular formula is C15H24ClN3. The Morgan fingerprint density at radius 2 is 2.21 bits per heavy atom. The highest BCUT2D eigenvalue weighted by molar-refractivity contribution is 6.33. The molecule has 1 heterocycles. The van der Waals surface area contributed by atoms with Crippen molar-refractivity contribution in [3.05, 3.63) is 28.8 Å². The van der Waals surface area contributed by atoms with Crippen LogP contribution in [0.1, 0.15) is 18.4 Å². The Morgan fingerprint density at radius 1 is 1.42 bits per heavy atom. The maximum Gasteiger partial charge on any atom is 0.0642 e. The van der Waals surface area contributed by atoms with Gasteiger partial charge in [0.15, 0.2) is 0 Å². The summed E-state index contributed by atoms with van der Waals surface area (Å²) in [6.45, 7) is 2.86. The molecule has 1 aromatic carbocycles. The first kappa shape index (κ1) is 14.6. The van der Waals surface area contributed by atoms with Gasteiger partial charge in [-0.15, -0.1) is 0 Å². The molecule has 0 amide bonds. The van der Waals surface area contributed by atoms with Crippen LogP contribution in [0.25, 0.3) is 0 Å². The second-order valence-electron chi connectivity index (χ2n) is 5.58. The van der Waals surface area contributed by atoms with E-state index in [1.165, 1.54) is 24.1 Å². The SMILES string of the molecule is CN(C)CC1CCCN1c1ccc(CCN)cc1Cl. The fourth-order valence-corrected chi connectivity index (χ4v) is 3.18. The van der Waals surface area contributed by atoms with Gasteiger partial charge in [0.05, 0.1) is 10.7 Å². The van der Waals surface area contributed by atoms with Crippen molar-refractivity contribution < 1.29 is 0 Å². The Hall–Kier alpha value is -0.770. The molecule has 1 fully saturated rings. The van der Waals surface area contributed by atoms with Crippen LogP contribution < -0.4 is 10.6 Å². The highest BCUT2D eigenvalue weighted by atomic mass is 35.5. The van der Waals surface area contributed by atoms with Gasteiger partial charge in [0, 0.05) is 19.1 Å². The molecular weight excluding hydrogens is 258 g/mol. The molecule has 1 unspecified atom stereocenters. The Bertz CT molecular complexity index is 420. The molecule has 0 aromatic heterocycles. The van der Waals surface area contributed by atoms with E-state index in [1.807, 2.05) is 0 Å². The normalized spacial score (nSPS) is 19.4. The Kier molecular flexibility index (Phi) is 5.08. The molecule has 4 heteroatoms. The summed E-state index contributed by atoms with van der Waals surface area (Å²) < 4.78 is 0. The van der Waals surface area contributed by atoms with Crippen molar-refractivity contribution in [1.29, 1.82) is 0 Å². The van der Waals surface area contributed by atoms with Gasteiger partial charge in [0.1, 0.15) is 0 Å². The molecule has 19 heavy (non-hydrogen) atoms. The fourth-order valence-electron chi connectivity index (χ4n) is 2.87. The summed E-state index contributed by atoms with van der Waals surface area (Å²) in [5, 5.41) is 0.858. The largest absolute Gasteiger partial charge is 0.366 e. The maximum atomic E-state index is 6.45. The number of rotatable bonds is 5. The van der Waals surface area contributed by atoms with E-state index < -0.39 is 0 Å². The van der Waals surface area contributed by atoms with E-state index in [0.717, 1.165) is 24.5 Å². The number of nitrogens with zero attached hydrogens (tertiary/aromatic N) is 2. The molecule has 0 saturated carbocycles. The van der Waals surface area contributed by atoms with Crippen LogP contribution >= 0.6 is 11.6 Å². The zero-order valence-corrected chi connectivity index (χ0v) is 12.7. The second-order valence-corrected chi connectivity index (χ2v) is 5.98. The first-order valence-electron chi connectivity index (χ1n) is 7.01. The minimum Gasteiger partial charge on any atom is -0.366 e. The molecule has 0 bridgehead atoms. The van der Waals surface area contributed by atoms with Gasteiger partial charge >= 0.3 is 0 Å². The van der Waals surface area contributed by atoms with Gasteiger partial charge in [-0.25, -0.2) is 0 Å². The Morgan fingerprint density at radius 3 is 2.84 bits per heavy atom. The third kappa shape index (κ3) is 3.62. The zero-order valence-electron chi connectivity index (χ0n) is 11.9. The zero-order chi connectivity index (χ0) is 13.8. The lowest BCUT2D eigenvalue weighted by molar-refractivity contribution is 0.372. The minimum atomic E-state index is 0.577. The average molecular weight is 282 g/mol. The van der Waals surface area contributed by atoms with E-state index in [1.54, 1.807) is 0 Å². The highest BCUT2D eigenvalue weighted by Gasteiger charge is 2.26. The summed E-state index contributed by atoms with van der Waals surface area (Å²) in [4.78, 5) is 4.70. The minimum absolute atomic E-state index is 0.577. The average Bonchev–Trinajstić information content (AvgIpc) is 2.77. The molecule has 0 radical (unpaired) electrons. The summed E-state index contributed by atoms with van der Waals surface area (Å²) >= 11 is 6.45. The van der Waals surface area contributed by atoms with Gasteiger partial charge in [0.2, 0.25) is 0 Å². The van der Waals surface area contributed by atoms with Crippen molar-refractivity contribution in [3.63, 3.8) is 0 Å². The lowest BCUT2D eigenvalue weighted by atomic mass is 10.1. The topological polar surface area (TPSA) is 32.5 Å². The lowest BCUT2D eigenvalue weighted by Gasteiger charge is -2.30. The number of halogens is 1. The first-order valence-corrected chi connectivity index (χ1v) is 7.39. The van der Waals surface area contributed by atoms with Crippen LogP contribution in [0.3, 0.4) is 0 Å². The first-order chi connectivity index (χ1) is 9.11. The number of likely N-dealkylation sites (N-methyl/N-ethyl adjacent to an activating group) is 1. The van der Waals surface area contributed by atoms with E-state index in [-0.39, 0.29) is 0 Å². The smallest absolute Gasteiger partial charge is 0.0642 e. The summed E-state index contributed by atoms with van der Waals surface area (Å²) in [7, 11) is 4.25. The number of nitrogens with two attached hydrogens (primary N) is 1. The van der Waals surface area contributed by atoms with E-state index in [9.17, 15) is 0 Å². The van der Waals surface area contributed by atoms with E-state index in [0.29, 0.717) is 12.6 Å². The third-order valence-electron chi connectivity index (χ3n) is 3.71. The molecule has 1 aromatic rings. The molecule has 0 spiro atoms. The molecule has 1 aliphatic heterocycles. The summed E-state index contributed by atoms with van der Waals surface area (Å²) in [5.74, 6) is 0. The van der Waals surface area contributed by atoms with Crippen molar-refractivity contribution in [2.24, 2.45) is 5.73 Å². The molecule has 3 nitrogen and oxygen atoms in total. The fraction of sp³-hybridized carbons (Fsp3) is 0.600. The van der Waals surface area contributed by atoms with Gasteiger partial charge in [-0.2, -0.15) is 0 Å². The number of hydrogen-bond donors (Lipinski definition) is 1. The Labute approximate surface area is 121 Å². The van der Waals surface area contributed by atoms with Gasteiger partial charge in [-0.3, -0.25) is 0 Å². The number of anilines is 1. The van der Waals surface area contributed by atoms with Crippen molar-refractivity contribution in [3.8, 4) is 0 Å². The molecule has 2 N–H and O–H groups in total. The molecule has 106 valence electrons. The van der Waals surface area contributed by atoms with Crippen LogP contribution in [0, 0.1) is 0 Å². The molecule has 1 atom stereocenters. The van der Waals surface area contributed by atoms with Gasteiger partial charge in [-0.05, 0) is 57.6 Å². The summed E-state index contributed by atoms with van der Waals surface area (Å²) in [6, 6.07) is 6.95. The highest BCUT2D eigenvalue weighted by Crippen LogP contribution is 2.32. The van der Waals surface area contributed by atoms with Crippen molar-refractivity contribution in [1.82, 2.24) is 4.90 Å². The van der Waals surface area contributed by atoms with Gasteiger partial charge < -0.3 is 15.5 Å².